The average Bonchev–Trinajstić information content (AvgIpc) is 3.31. The maximum absolute atomic E-state index is 13.5. The van der Waals surface area contributed by atoms with E-state index in [1.807, 2.05) is 43.3 Å². The van der Waals surface area contributed by atoms with E-state index in [4.69, 9.17) is 9.47 Å². The minimum absolute atomic E-state index is 0.0516. The zero-order valence-electron chi connectivity index (χ0n) is 18.8. The lowest BCUT2D eigenvalue weighted by molar-refractivity contribution is -0.125. The van der Waals surface area contributed by atoms with Gasteiger partial charge in [-0.25, -0.2) is 0 Å². The number of hydrogen-bond acceptors (Lipinski definition) is 7. The number of methoxy groups -OCH3 is 2. The highest BCUT2D eigenvalue weighted by molar-refractivity contribution is 7.15. The Bertz CT molecular complexity index is 1130. The van der Waals surface area contributed by atoms with Crippen molar-refractivity contribution < 1.29 is 19.1 Å². The fourth-order valence-corrected chi connectivity index (χ4v) is 4.81. The van der Waals surface area contributed by atoms with Gasteiger partial charge in [-0.05, 0) is 43.2 Å². The third-order valence-corrected chi connectivity index (χ3v) is 6.72. The number of hydrogen-bond donors (Lipinski definition) is 1. The molecule has 0 radical (unpaired) electrons. The highest BCUT2D eigenvalue weighted by Crippen LogP contribution is 2.43. The molecule has 2 aromatic carbocycles. The Morgan fingerprint density at radius 3 is 2.55 bits per heavy atom. The third kappa shape index (κ3) is 4.68. The molecule has 2 unspecified atom stereocenters. The van der Waals surface area contributed by atoms with Crippen LogP contribution >= 0.6 is 11.3 Å². The number of carbonyl (C=O) groups is 2. The van der Waals surface area contributed by atoms with Gasteiger partial charge in [0.15, 0.2) is 0 Å². The quantitative estimate of drug-likeness (QED) is 0.560. The summed E-state index contributed by atoms with van der Waals surface area (Å²) in [6.45, 7) is 1.99. The molecule has 1 fully saturated rings. The maximum atomic E-state index is 13.5. The standard InChI is InChI=1S/C24H26N4O4S/c1-4-20-26-27-24(33-20)25-23(30)18-13-14-21(29)28(15-9-11-16(31-2)12-10-15)22(18)17-7-5-6-8-19(17)32-3/h5-12,18,22H,4,13-14H2,1-3H3,(H,25,27,30). The third-order valence-electron chi connectivity index (χ3n) is 5.74. The van der Waals surface area contributed by atoms with Gasteiger partial charge in [0.05, 0.1) is 26.2 Å². The highest BCUT2D eigenvalue weighted by atomic mass is 32.1. The molecule has 9 heteroatoms. The average molecular weight is 467 g/mol. The Morgan fingerprint density at radius 2 is 1.88 bits per heavy atom. The molecule has 1 N–H and O–H groups in total. The summed E-state index contributed by atoms with van der Waals surface area (Å²) in [7, 11) is 3.18. The molecular weight excluding hydrogens is 440 g/mol. The normalized spacial score (nSPS) is 18.2. The van der Waals surface area contributed by atoms with Crippen molar-refractivity contribution in [3.8, 4) is 11.5 Å². The molecule has 0 aliphatic carbocycles. The Balaban J connectivity index is 1.75. The van der Waals surface area contributed by atoms with E-state index in [9.17, 15) is 9.59 Å². The number of nitrogens with one attached hydrogen (secondary N) is 1. The summed E-state index contributed by atoms with van der Waals surface area (Å²) in [5, 5.41) is 12.4. The van der Waals surface area contributed by atoms with Crippen LogP contribution in [0.3, 0.4) is 0 Å². The molecule has 2 atom stereocenters. The largest absolute Gasteiger partial charge is 0.497 e. The van der Waals surface area contributed by atoms with Crippen LogP contribution in [0.4, 0.5) is 10.8 Å². The first-order chi connectivity index (χ1) is 16.0. The second kappa shape index (κ2) is 9.99. The zero-order valence-corrected chi connectivity index (χ0v) is 19.6. The number of anilines is 2. The highest BCUT2D eigenvalue weighted by Gasteiger charge is 2.42. The molecule has 0 spiro atoms. The van der Waals surface area contributed by atoms with Crippen molar-refractivity contribution in [1.29, 1.82) is 0 Å². The topological polar surface area (TPSA) is 93.7 Å². The minimum Gasteiger partial charge on any atom is -0.497 e. The monoisotopic (exact) mass is 466 g/mol. The van der Waals surface area contributed by atoms with Crippen LogP contribution in [0.5, 0.6) is 11.5 Å². The molecule has 8 nitrogen and oxygen atoms in total. The fraction of sp³-hybridized carbons (Fsp3) is 0.333. The molecule has 1 aromatic heterocycles. The van der Waals surface area contributed by atoms with Gasteiger partial charge in [0, 0.05) is 17.7 Å². The van der Waals surface area contributed by atoms with Crippen molar-refractivity contribution in [2.75, 3.05) is 24.4 Å². The van der Waals surface area contributed by atoms with Crippen LogP contribution in [-0.4, -0.2) is 36.2 Å². The van der Waals surface area contributed by atoms with Crippen LogP contribution in [0.15, 0.2) is 48.5 Å². The molecule has 2 heterocycles. The molecule has 172 valence electrons. The number of aryl methyl sites for hydroxylation is 1. The predicted octanol–water partition coefficient (Wildman–Crippen LogP) is 4.24. The van der Waals surface area contributed by atoms with Crippen molar-refractivity contribution in [3.63, 3.8) is 0 Å². The molecule has 0 bridgehead atoms. The number of nitrogens with zero attached hydrogens (tertiary/aromatic N) is 3. The fourth-order valence-electron chi connectivity index (χ4n) is 4.13. The second-order valence-electron chi connectivity index (χ2n) is 7.64. The van der Waals surface area contributed by atoms with Gasteiger partial charge in [-0.2, -0.15) is 0 Å². The Kier molecular flexibility index (Phi) is 6.88. The summed E-state index contributed by atoms with van der Waals surface area (Å²) in [4.78, 5) is 28.4. The molecule has 0 saturated carbocycles. The van der Waals surface area contributed by atoms with Gasteiger partial charge in [-0.15, -0.1) is 10.2 Å². The van der Waals surface area contributed by atoms with E-state index in [2.05, 4.69) is 15.5 Å². The number of amides is 2. The molecule has 4 rings (SSSR count). The summed E-state index contributed by atoms with van der Waals surface area (Å²) in [5.41, 5.74) is 1.47. The van der Waals surface area contributed by atoms with E-state index in [0.29, 0.717) is 28.7 Å². The summed E-state index contributed by atoms with van der Waals surface area (Å²) in [6, 6.07) is 14.2. The van der Waals surface area contributed by atoms with E-state index in [1.54, 1.807) is 31.3 Å². The van der Waals surface area contributed by atoms with Crippen molar-refractivity contribution in [2.45, 2.75) is 32.2 Å². The van der Waals surface area contributed by atoms with E-state index < -0.39 is 12.0 Å². The molecule has 33 heavy (non-hydrogen) atoms. The van der Waals surface area contributed by atoms with Crippen molar-refractivity contribution in [2.24, 2.45) is 5.92 Å². The predicted molar refractivity (Wildman–Crippen MR) is 127 cm³/mol. The molecule has 1 aliphatic heterocycles. The SMILES string of the molecule is CCc1nnc(NC(=O)C2CCC(=O)N(c3ccc(OC)cc3)C2c2ccccc2OC)s1. The van der Waals surface area contributed by atoms with Crippen LogP contribution in [0, 0.1) is 5.92 Å². The van der Waals surface area contributed by atoms with Crippen LogP contribution in [0.25, 0.3) is 0 Å². The van der Waals surface area contributed by atoms with Crippen LogP contribution in [0.1, 0.15) is 36.4 Å². The minimum atomic E-state index is -0.547. The van der Waals surface area contributed by atoms with Gasteiger partial charge in [0.2, 0.25) is 16.9 Å². The summed E-state index contributed by atoms with van der Waals surface area (Å²) in [5.74, 6) is 0.558. The van der Waals surface area contributed by atoms with E-state index >= 15 is 0 Å². The number of ether oxygens (including phenoxy) is 2. The molecule has 1 saturated heterocycles. The summed E-state index contributed by atoms with van der Waals surface area (Å²) >= 11 is 1.36. The molecule has 3 aromatic rings. The summed E-state index contributed by atoms with van der Waals surface area (Å²) in [6.07, 6.45) is 1.42. The number of piperidine rings is 1. The molecular formula is C24H26N4O4S. The second-order valence-corrected chi connectivity index (χ2v) is 8.70. The van der Waals surface area contributed by atoms with Crippen LogP contribution < -0.4 is 19.7 Å². The number of aromatic nitrogens is 2. The number of benzene rings is 2. The van der Waals surface area contributed by atoms with Gasteiger partial charge in [0.1, 0.15) is 16.5 Å². The molecule has 2 amide bonds. The van der Waals surface area contributed by atoms with E-state index in [-0.39, 0.29) is 18.2 Å². The smallest absolute Gasteiger partial charge is 0.231 e. The van der Waals surface area contributed by atoms with Gasteiger partial charge in [0.25, 0.3) is 0 Å². The van der Waals surface area contributed by atoms with Gasteiger partial charge in [-0.1, -0.05) is 36.5 Å². The zero-order chi connectivity index (χ0) is 23.4. The van der Waals surface area contributed by atoms with Crippen LogP contribution in [-0.2, 0) is 16.0 Å². The number of para-hydroxylation sites is 1. The van der Waals surface area contributed by atoms with Gasteiger partial charge >= 0.3 is 0 Å². The lowest BCUT2D eigenvalue weighted by atomic mass is 9.82. The Morgan fingerprint density at radius 1 is 1.12 bits per heavy atom. The first-order valence-electron chi connectivity index (χ1n) is 10.8. The Labute approximate surface area is 196 Å². The lowest BCUT2D eigenvalue weighted by Crippen LogP contribution is -2.47. The van der Waals surface area contributed by atoms with Gasteiger partial charge < -0.3 is 19.7 Å². The van der Waals surface area contributed by atoms with E-state index in [1.165, 1.54) is 11.3 Å². The Hall–Kier alpha value is -3.46. The first kappa shape index (κ1) is 22.7. The lowest BCUT2D eigenvalue weighted by Gasteiger charge is -2.41. The molecule has 1 aliphatic rings. The number of rotatable bonds is 7. The van der Waals surface area contributed by atoms with Crippen molar-refractivity contribution >= 4 is 34.0 Å². The van der Waals surface area contributed by atoms with E-state index in [0.717, 1.165) is 17.0 Å². The van der Waals surface area contributed by atoms with Crippen LogP contribution in [0.2, 0.25) is 0 Å². The number of carbonyl (C=O) groups excluding carboxylic acids is 2. The van der Waals surface area contributed by atoms with Gasteiger partial charge in [-0.3, -0.25) is 9.59 Å². The van der Waals surface area contributed by atoms with Crippen molar-refractivity contribution in [3.05, 3.63) is 59.1 Å². The summed E-state index contributed by atoms with van der Waals surface area (Å²) < 4.78 is 10.9. The van der Waals surface area contributed by atoms with Crippen molar-refractivity contribution in [1.82, 2.24) is 10.2 Å². The first-order valence-corrected chi connectivity index (χ1v) is 11.6. The maximum Gasteiger partial charge on any atom is 0.231 e.